The van der Waals surface area contributed by atoms with E-state index in [0.29, 0.717) is 34.2 Å². The molecule has 1 unspecified atom stereocenters. The normalized spacial score (nSPS) is 16.7. The monoisotopic (exact) mass is 438 g/mol. The Bertz CT molecular complexity index is 1100. The van der Waals surface area contributed by atoms with Gasteiger partial charge in [-0.25, -0.2) is 9.37 Å². The molecule has 1 aliphatic heterocycles. The van der Waals surface area contributed by atoms with Crippen molar-refractivity contribution in [3.63, 3.8) is 0 Å². The SMILES string of the molecule is NC(=O)C1CCCN(Cc2ccccc2NC(=O)c2cnc(-c3ccccc3F)s2)C1. The molecule has 6 nitrogen and oxygen atoms in total. The number of primary amides is 1. The van der Waals surface area contributed by atoms with Gasteiger partial charge in [-0.3, -0.25) is 14.5 Å². The lowest BCUT2D eigenvalue weighted by Crippen LogP contribution is -2.40. The maximum atomic E-state index is 14.0. The first-order chi connectivity index (χ1) is 15.0. The molecule has 2 aromatic carbocycles. The van der Waals surface area contributed by atoms with Gasteiger partial charge in [0.05, 0.1) is 12.1 Å². The summed E-state index contributed by atoms with van der Waals surface area (Å²) in [7, 11) is 0. The summed E-state index contributed by atoms with van der Waals surface area (Å²) < 4.78 is 14.0. The van der Waals surface area contributed by atoms with Gasteiger partial charge in [-0.2, -0.15) is 0 Å². The molecular weight excluding hydrogens is 415 g/mol. The number of nitrogens with two attached hydrogens (primary N) is 1. The smallest absolute Gasteiger partial charge is 0.267 e. The summed E-state index contributed by atoms with van der Waals surface area (Å²) in [4.78, 5) is 31.2. The van der Waals surface area contributed by atoms with Crippen molar-refractivity contribution in [3.8, 4) is 10.6 Å². The lowest BCUT2D eigenvalue weighted by molar-refractivity contribution is -0.123. The van der Waals surface area contributed by atoms with Crippen LogP contribution < -0.4 is 11.1 Å². The summed E-state index contributed by atoms with van der Waals surface area (Å²) in [5.41, 5.74) is 7.52. The maximum absolute atomic E-state index is 14.0. The van der Waals surface area contributed by atoms with Crippen molar-refractivity contribution in [2.45, 2.75) is 19.4 Å². The van der Waals surface area contributed by atoms with Gasteiger partial charge < -0.3 is 11.1 Å². The maximum Gasteiger partial charge on any atom is 0.267 e. The zero-order valence-electron chi connectivity index (χ0n) is 16.9. The number of anilines is 1. The van der Waals surface area contributed by atoms with E-state index in [9.17, 15) is 14.0 Å². The summed E-state index contributed by atoms with van der Waals surface area (Å²) in [6, 6.07) is 14.0. The van der Waals surface area contributed by atoms with Crippen molar-refractivity contribution in [3.05, 3.63) is 71.0 Å². The van der Waals surface area contributed by atoms with E-state index in [4.69, 9.17) is 5.73 Å². The predicted molar refractivity (Wildman–Crippen MR) is 119 cm³/mol. The van der Waals surface area contributed by atoms with E-state index in [1.54, 1.807) is 18.2 Å². The number of hydrogen-bond donors (Lipinski definition) is 2. The molecule has 1 atom stereocenters. The Balaban J connectivity index is 1.47. The number of halogens is 1. The number of likely N-dealkylation sites (tertiary alicyclic amines) is 1. The number of amides is 2. The van der Waals surface area contributed by atoms with E-state index < -0.39 is 0 Å². The molecule has 3 N–H and O–H groups in total. The Morgan fingerprint density at radius 3 is 2.77 bits per heavy atom. The van der Waals surface area contributed by atoms with Crippen LogP contribution in [-0.2, 0) is 11.3 Å². The number of hydrogen-bond acceptors (Lipinski definition) is 5. The van der Waals surface area contributed by atoms with Crippen molar-refractivity contribution in [1.29, 1.82) is 0 Å². The molecule has 0 spiro atoms. The number of para-hydroxylation sites is 1. The summed E-state index contributed by atoms with van der Waals surface area (Å²) in [6.45, 7) is 2.12. The summed E-state index contributed by atoms with van der Waals surface area (Å²) in [6.07, 6.45) is 3.20. The lowest BCUT2D eigenvalue weighted by atomic mass is 9.97. The van der Waals surface area contributed by atoms with Crippen molar-refractivity contribution in [2.24, 2.45) is 11.7 Å². The van der Waals surface area contributed by atoms with Crippen molar-refractivity contribution in [1.82, 2.24) is 9.88 Å². The minimum absolute atomic E-state index is 0.135. The fourth-order valence-corrected chi connectivity index (χ4v) is 4.61. The summed E-state index contributed by atoms with van der Waals surface area (Å²) in [5.74, 6) is -1.06. The Hall–Kier alpha value is -3.10. The second-order valence-corrected chi connectivity index (χ2v) is 8.63. The fraction of sp³-hybridized carbons (Fsp3) is 0.261. The predicted octanol–water partition coefficient (Wildman–Crippen LogP) is 3.90. The second kappa shape index (κ2) is 9.36. The number of rotatable bonds is 6. The highest BCUT2D eigenvalue weighted by atomic mass is 32.1. The number of aromatic nitrogens is 1. The van der Waals surface area contributed by atoms with E-state index in [1.807, 2.05) is 24.3 Å². The zero-order valence-corrected chi connectivity index (χ0v) is 17.7. The molecule has 0 radical (unpaired) electrons. The van der Waals surface area contributed by atoms with Crippen LogP contribution in [0.15, 0.2) is 54.7 Å². The summed E-state index contributed by atoms with van der Waals surface area (Å²) >= 11 is 1.15. The number of piperidine rings is 1. The molecule has 4 rings (SSSR count). The highest BCUT2D eigenvalue weighted by molar-refractivity contribution is 7.17. The topological polar surface area (TPSA) is 88.3 Å². The van der Waals surface area contributed by atoms with Crippen LogP contribution in [0.4, 0.5) is 10.1 Å². The minimum Gasteiger partial charge on any atom is -0.369 e. The fourth-order valence-electron chi connectivity index (χ4n) is 3.77. The summed E-state index contributed by atoms with van der Waals surface area (Å²) in [5, 5.41) is 3.41. The van der Waals surface area contributed by atoms with Gasteiger partial charge in [-0.15, -0.1) is 11.3 Å². The molecule has 31 heavy (non-hydrogen) atoms. The van der Waals surface area contributed by atoms with Crippen LogP contribution in [0.3, 0.4) is 0 Å². The lowest BCUT2D eigenvalue weighted by Gasteiger charge is -2.31. The van der Waals surface area contributed by atoms with Crippen LogP contribution in [0.1, 0.15) is 28.1 Å². The Morgan fingerprint density at radius 1 is 1.19 bits per heavy atom. The number of nitrogens with zero attached hydrogens (tertiary/aromatic N) is 2. The van der Waals surface area contributed by atoms with Crippen LogP contribution in [0, 0.1) is 11.7 Å². The van der Waals surface area contributed by atoms with Crippen molar-refractivity contribution >= 4 is 28.8 Å². The van der Waals surface area contributed by atoms with Crippen LogP contribution in [0.5, 0.6) is 0 Å². The van der Waals surface area contributed by atoms with E-state index in [0.717, 1.165) is 36.3 Å². The van der Waals surface area contributed by atoms with Crippen molar-refractivity contribution in [2.75, 3.05) is 18.4 Å². The van der Waals surface area contributed by atoms with E-state index >= 15 is 0 Å². The number of thiazole rings is 1. The number of carbonyl (C=O) groups is 2. The van der Waals surface area contributed by atoms with E-state index in [2.05, 4.69) is 15.2 Å². The second-order valence-electron chi connectivity index (χ2n) is 7.60. The van der Waals surface area contributed by atoms with Crippen LogP contribution in [0.2, 0.25) is 0 Å². The molecule has 1 fully saturated rings. The molecule has 3 aromatic rings. The Morgan fingerprint density at radius 2 is 1.97 bits per heavy atom. The van der Waals surface area contributed by atoms with Crippen LogP contribution >= 0.6 is 11.3 Å². The molecule has 8 heteroatoms. The molecule has 0 aliphatic carbocycles. The first kappa shape index (κ1) is 21.1. The number of nitrogens with one attached hydrogen (secondary N) is 1. The van der Waals surface area contributed by atoms with Crippen molar-refractivity contribution < 1.29 is 14.0 Å². The van der Waals surface area contributed by atoms with Gasteiger partial charge >= 0.3 is 0 Å². The van der Waals surface area contributed by atoms with Gasteiger partial charge in [0, 0.05) is 24.3 Å². The molecule has 0 bridgehead atoms. The van der Waals surface area contributed by atoms with Gasteiger partial charge in [-0.1, -0.05) is 30.3 Å². The van der Waals surface area contributed by atoms with Crippen LogP contribution in [-0.4, -0.2) is 34.8 Å². The van der Waals surface area contributed by atoms with E-state index in [1.165, 1.54) is 12.3 Å². The molecule has 160 valence electrons. The third kappa shape index (κ3) is 4.98. The van der Waals surface area contributed by atoms with Gasteiger partial charge in [0.2, 0.25) is 5.91 Å². The highest BCUT2D eigenvalue weighted by Crippen LogP contribution is 2.28. The third-order valence-corrected chi connectivity index (χ3v) is 6.43. The molecule has 1 saturated heterocycles. The number of benzene rings is 2. The number of carbonyl (C=O) groups excluding carboxylic acids is 2. The van der Waals surface area contributed by atoms with Gasteiger partial charge in [0.25, 0.3) is 5.91 Å². The first-order valence-electron chi connectivity index (χ1n) is 10.1. The molecule has 1 aliphatic rings. The molecule has 1 aromatic heterocycles. The Labute approximate surface area is 183 Å². The van der Waals surface area contributed by atoms with Crippen LogP contribution in [0.25, 0.3) is 10.6 Å². The largest absolute Gasteiger partial charge is 0.369 e. The van der Waals surface area contributed by atoms with Gasteiger partial charge in [0.1, 0.15) is 15.7 Å². The minimum atomic E-state index is -0.370. The molecule has 2 amide bonds. The molecule has 0 saturated carbocycles. The van der Waals surface area contributed by atoms with Gasteiger partial charge in [-0.05, 0) is 43.1 Å². The molecular formula is C23H23FN4O2S. The average molecular weight is 439 g/mol. The van der Waals surface area contributed by atoms with Gasteiger partial charge in [0.15, 0.2) is 0 Å². The third-order valence-electron chi connectivity index (χ3n) is 5.40. The standard InChI is InChI=1S/C23H23FN4O2S/c24-18-9-3-2-8-17(18)23-26-12-20(31-23)22(30)27-19-10-4-1-6-15(19)13-28-11-5-7-16(14-28)21(25)29/h1-4,6,8-10,12,16H,5,7,11,13-14H2,(H2,25,29)(H,27,30). The Kier molecular flexibility index (Phi) is 6.39. The quantitative estimate of drug-likeness (QED) is 0.611. The highest BCUT2D eigenvalue weighted by Gasteiger charge is 2.24. The average Bonchev–Trinajstić information content (AvgIpc) is 3.26. The zero-order chi connectivity index (χ0) is 21.8. The molecule has 2 heterocycles. The van der Waals surface area contributed by atoms with E-state index in [-0.39, 0.29) is 23.5 Å². The first-order valence-corrected chi connectivity index (χ1v) is 10.9.